The summed E-state index contributed by atoms with van der Waals surface area (Å²) in [4.78, 5) is 17.5. The van der Waals surface area contributed by atoms with E-state index in [-0.39, 0.29) is 11.9 Å². The molecule has 0 fully saturated rings. The van der Waals surface area contributed by atoms with Crippen LogP contribution in [0, 0.1) is 6.92 Å². The van der Waals surface area contributed by atoms with Crippen LogP contribution >= 0.6 is 0 Å². The van der Waals surface area contributed by atoms with Crippen LogP contribution in [0.3, 0.4) is 0 Å². The predicted molar refractivity (Wildman–Crippen MR) is 101 cm³/mol. The average Bonchev–Trinajstić information content (AvgIpc) is 2.59. The molecule has 24 heavy (non-hydrogen) atoms. The Hall–Kier alpha value is -1.59. The first-order valence-corrected chi connectivity index (χ1v) is 8.93. The number of carbonyl (C=O) groups excluding carboxylic acids is 1. The molecule has 0 aromatic heterocycles. The quantitative estimate of drug-likeness (QED) is 0.714. The second-order valence-corrected chi connectivity index (χ2v) is 5.87. The van der Waals surface area contributed by atoms with Gasteiger partial charge in [-0.15, -0.1) is 0 Å². The molecule has 0 radical (unpaired) electrons. The molecule has 1 rings (SSSR count). The number of carbonyl (C=O) groups is 1. The van der Waals surface area contributed by atoms with Gasteiger partial charge in [0.1, 0.15) is 11.8 Å². The number of hydrogen-bond acceptors (Lipinski definition) is 4. The van der Waals surface area contributed by atoms with Crippen LogP contribution in [0.5, 0.6) is 5.75 Å². The van der Waals surface area contributed by atoms with Crippen molar-refractivity contribution in [1.82, 2.24) is 9.80 Å². The molecule has 1 N–H and O–H groups in total. The second-order valence-electron chi connectivity index (χ2n) is 5.87. The molecular formula is C19H33N3O2. The Kier molecular flexibility index (Phi) is 8.79. The number of aryl methyl sites for hydroxylation is 1. The molecule has 5 heteroatoms. The second kappa shape index (κ2) is 10.3. The van der Waals surface area contributed by atoms with Gasteiger partial charge in [0.25, 0.3) is 0 Å². The van der Waals surface area contributed by atoms with Gasteiger partial charge >= 0.3 is 0 Å². The highest BCUT2D eigenvalue weighted by Gasteiger charge is 2.26. The maximum Gasteiger partial charge on any atom is 0.243 e. The van der Waals surface area contributed by atoms with E-state index in [2.05, 4.69) is 42.8 Å². The van der Waals surface area contributed by atoms with E-state index in [4.69, 9.17) is 4.74 Å². The van der Waals surface area contributed by atoms with E-state index in [1.165, 1.54) is 0 Å². The highest BCUT2D eigenvalue weighted by molar-refractivity contribution is 5.96. The molecule has 1 unspecified atom stereocenters. The minimum Gasteiger partial charge on any atom is -0.494 e. The van der Waals surface area contributed by atoms with Crippen LogP contribution in [0.25, 0.3) is 0 Å². The van der Waals surface area contributed by atoms with Crippen molar-refractivity contribution in [3.8, 4) is 5.75 Å². The van der Waals surface area contributed by atoms with Gasteiger partial charge in [0.2, 0.25) is 5.91 Å². The van der Waals surface area contributed by atoms with Crippen LogP contribution in [0.2, 0.25) is 0 Å². The summed E-state index contributed by atoms with van der Waals surface area (Å²) in [5.41, 5.74) is 1.75. The fourth-order valence-electron chi connectivity index (χ4n) is 2.99. The molecule has 0 bridgehead atoms. The van der Waals surface area contributed by atoms with Crippen molar-refractivity contribution in [3.63, 3.8) is 0 Å². The number of nitrogens with one attached hydrogen (secondary N) is 1. The largest absolute Gasteiger partial charge is 0.494 e. The van der Waals surface area contributed by atoms with Crippen molar-refractivity contribution in [1.29, 1.82) is 0 Å². The number of methoxy groups -OCH3 is 1. The highest BCUT2D eigenvalue weighted by atomic mass is 16.5. The minimum absolute atomic E-state index is 0.0227. The summed E-state index contributed by atoms with van der Waals surface area (Å²) in [5.74, 6) is 0.751. The number of ether oxygens (including phenoxy) is 1. The Morgan fingerprint density at radius 1 is 1.12 bits per heavy atom. The van der Waals surface area contributed by atoms with Gasteiger partial charge < -0.3 is 15.0 Å². The van der Waals surface area contributed by atoms with E-state index < -0.39 is 0 Å². The van der Waals surface area contributed by atoms with E-state index in [0.29, 0.717) is 0 Å². The summed E-state index contributed by atoms with van der Waals surface area (Å²) in [6, 6.07) is 5.63. The van der Waals surface area contributed by atoms with E-state index in [1.54, 1.807) is 7.11 Å². The molecule has 0 saturated heterocycles. The van der Waals surface area contributed by atoms with Gasteiger partial charge in [-0.25, -0.2) is 0 Å². The maximum absolute atomic E-state index is 13.0. The van der Waals surface area contributed by atoms with E-state index in [9.17, 15) is 4.79 Å². The fraction of sp³-hybridized carbons (Fsp3) is 0.632. The zero-order valence-corrected chi connectivity index (χ0v) is 16.1. The predicted octanol–water partition coefficient (Wildman–Crippen LogP) is 2.99. The highest BCUT2D eigenvalue weighted by Crippen LogP contribution is 2.28. The minimum atomic E-state index is -0.176. The van der Waals surface area contributed by atoms with Crippen molar-refractivity contribution in [2.24, 2.45) is 0 Å². The Bertz CT molecular complexity index is 511. The third kappa shape index (κ3) is 5.21. The van der Waals surface area contributed by atoms with E-state index in [1.807, 2.05) is 25.1 Å². The van der Waals surface area contributed by atoms with Gasteiger partial charge in [-0.2, -0.15) is 0 Å². The normalized spacial score (nSPS) is 12.5. The monoisotopic (exact) mass is 335 g/mol. The molecule has 1 amide bonds. The van der Waals surface area contributed by atoms with Crippen molar-refractivity contribution >= 4 is 11.6 Å². The molecule has 0 heterocycles. The van der Waals surface area contributed by atoms with Crippen LogP contribution in [-0.2, 0) is 4.79 Å². The van der Waals surface area contributed by atoms with E-state index in [0.717, 1.165) is 49.7 Å². The Labute approximate surface area is 147 Å². The van der Waals surface area contributed by atoms with Gasteiger partial charge in [0, 0.05) is 6.54 Å². The van der Waals surface area contributed by atoms with Crippen LogP contribution < -0.4 is 10.1 Å². The van der Waals surface area contributed by atoms with Crippen molar-refractivity contribution in [2.75, 3.05) is 45.2 Å². The number of hydrogen-bond donors (Lipinski definition) is 1. The molecule has 1 atom stereocenters. The molecule has 0 saturated carbocycles. The van der Waals surface area contributed by atoms with Gasteiger partial charge in [0.15, 0.2) is 0 Å². The maximum atomic E-state index is 13.0. The average molecular weight is 335 g/mol. The number of para-hydroxylation sites is 1. The first-order chi connectivity index (χ1) is 11.5. The zero-order valence-electron chi connectivity index (χ0n) is 16.1. The molecule has 5 nitrogen and oxygen atoms in total. The van der Waals surface area contributed by atoms with Crippen LogP contribution in [0.4, 0.5) is 5.69 Å². The third-order valence-electron chi connectivity index (χ3n) is 4.56. The molecule has 0 aliphatic rings. The van der Waals surface area contributed by atoms with Gasteiger partial charge in [-0.1, -0.05) is 39.8 Å². The van der Waals surface area contributed by atoms with Crippen molar-refractivity contribution in [2.45, 2.75) is 40.7 Å². The zero-order chi connectivity index (χ0) is 18.1. The molecule has 0 aliphatic heterocycles. The van der Waals surface area contributed by atoms with Gasteiger partial charge in [0.05, 0.1) is 12.8 Å². The Morgan fingerprint density at radius 3 is 2.25 bits per heavy atom. The Balaban J connectivity index is 3.01. The van der Waals surface area contributed by atoms with Crippen LogP contribution in [0.1, 0.15) is 33.3 Å². The summed E-state index contributed by atoms with van der Waals surface area (Å²) in [5, 5.41) is 3.07. The van der Waals surface area contributed by atoms with E-state index >= 15 is 0 Å². The fourth-order valence-corrected chi connectivity index (χ4v) is 2.99. The molecular weight excluding hydrogens is 302 g/mol. The van der Waals surface area contributed by atoms with Crippen molar-refractivity contribution in [3.05, 3.63) is 23.8 Å². The number of anilines is 1. The first-order valence-electron chi connectivity index (χ1n) is 8.93. The molecule has 0 spiro atoms. The van der Waals surface area contributed by atoms with Crippen molar-refractivity contribution < 1.29 is 9.53 Å². The van der Waals surface area contributed by atoms with Crippen LogP contribution in [-0.4, -0.2) is 61.6 Å². The molecule has 0 aliphatic carbocycles. The summed E-state index contributed by atoms with van der Waals surface area (Å²) < 4.78 is 5.45. The lowest BCUT2D eigenvalue weighted by Crippen LogP contribution is -2.50. The summed E-state index contributed by atoms with van der Waals surface area (Å²) >= 11 is 0. The number of nitrogens with zero attached hydrogens (tertiary/aromatic N) is 2. The van der Waals surface area contributed by atoms with Gasteiger partial charge in [-0.05, 0) is 44.7 Å². The molecule has 1 aromatic rings. The standard InChI is InChI=1S/C19H33N3O2/c1-7-21(8-2)14-17(22(9-3)10-4)19(23)20-16-13-11-12-15(5)18(16)24-6/h11-13,17H,7-10,14H2,1-6H3,(H,20,23). The summed E-state index contributed by atoms with van der Waals surface area (Å²) in [6.45, 7) is 14.7. The number of amides is 1. The topological polar surface area (TPSA) is 44.8 Å². The summed E-state index contributed by atoms with van der Waals surface area (Å²) in [6.07, 6.45) is 0. The lowest BCUT2D eigenvalue weighted by Gasteiger charge is -2.32. The lowest BCUT2D eigenvalue weighted by molar-refractivity contribution is -0.121. The van der Waals surface area contributed by atoms with Crippen LogP contribution in [0.15, 0.2) is 18.2 Å². The Morgan fingerprint density at radius 2 is 1.75 bits per heavy atom. The summed E-state index contributed by atoms with van der Waals surface area (Å²) in [7, 11) is 1.63. The number of likely N-dealkylation sites (N-methyl/N-ethyl adjacent to an activating group) is 2. The number of rotatable bonds is 10. The van der Waals surface area contributed by atoms with Gasteiger partial charge in [-0.3, -0.25) is 9.69 Å². The first kappa shape index (κ1) is 20.5. The SMILES string of the molecule is CCN(CC)CC(C(=O)Nc1cccc(C)c1OC)N(CC)CC. The lowest BCUT2D eigenvalue weighted by atomic mass is 10.1. The smallest absolute Gasteiger partial charge is 0.243 e. The molecule has 136 valence electrons. The number of benzene rings is 1. The molecule has 1 aromatic carbocycles. The third-order valence-corrected chi connectivity index (χ3v) is 4.56.